The molecule has 0 radical (unpaired) electrons. The van der Waals surface area contributed by atoms with Crippen LogP contribution in [0.2, 0.25) is 0 Å². The fourth-order valence-corrected chi connectivity index (χ4v) is 4.85. The average Bonchev–Trinajstić information content (AvgIpc) is 3.23. The molecule has 1 aliphatic carbocycles. The lowest BCUT2D eigenvalue weighted by atomic mass is 9.93. The van der Waals surface area contributed by atoms with E-state index in [0.717, 1.165) is 29.9 Å². The van der Waals surface area contributed by atoms with E-state index < -0.39 is 0 Å². The number of hydrogen-bond donors (Lipinski definition) is 2. The molecule has 2 heterocycles. The van der Waals surface area contributed by atoms with Crippen LogP contribution in [0.25, 0.3) is 11.4 Å². The molecule has 1 amide bonds. The van der Waals surface area contributed by atoms with Crippen LogP contribution in [0.5, 0.6) is 0 Å². The number of nitrogens with zero attached hydrogens (tertiary/aromatic N) is 3. The summed E-state index contributed by atoms with van der Waals surface area (Å²) in [5, 5.41) is 10.8. The van der Waals surface area contributed by atoms with Gasteiger partial charge in [-0.3, -0.25) is 14.5 Å². The highest BCUT2D eigenvalue weighted by Crippen LogP contribution is 2.32. The quantitative estimate of drug-likeness (QED) is 0.603. The van der Waals surface area contributed by atoms with Crippen molar-refractivity contribution in [1.29, 1.82) is 0 Å². The van der Waals surface area contributed by atoms with E-state index in [1.807, 2.05) is 35.8 Å². The molecule has 1 atom stereocenters. The number of nitrogens with one attached hydrogen (secondary N) is 2. The Morgan fingerprint density at radius 2 is 2.18 bits per heavy atom. The number of amides is 1. The minimum absolute atomic E-state index is 0.0582. The zero-order valence-electron chi connectivity index (χ0n) is 16.0. The number of H-pyrrole nitrogens is 1. The molecule has 2 aromatic heterocycles. The van der Waals surface area contributed by atoms with E-state index in [-0.39, 0.29) is 5.91 Å². The van der Waals surface area contributed by atoms with E-state index >= 15 is 0 Å². The van der Waals surface area contributed by atoms with E-state index in [9.17, 15) is 4.79 Å². The summed E-state index contributed by atoms with van der Waals surface area (Å²) in [7, 11) is 0. The van der Waals surface area contributed by atoms with E-state index in [1.165, 1.54) is 16.9 Å². The second-order valence-electron chi connectivity index (χ2n) is 7.41. The number of rotatable bonds is 5. The van der Waals surface area contributed by atoms with Gasteiger partial charge in [-0.05, 0) is 44.3 Å². The van der Waals surface area contributed by atoms with Crippen LogP contribution in [0, 0.1) is 17.6 Å². The normalized spacial score (nSPS) is 16.0. The van der Waals surface area contributed by atoms with Gasteiger partial charge in [0.25, 0.3) is 0 Å². The average molecular weight is 414 g/mol. The number of benzene rings is 1. The van der Waals surface area contributed by atoms with Crippen LogP contribution >= 0.6 is 23.6 Å². The fourth-order valence-electron chi connectivity index (χ4n) is 3.44. The highest BCUT2D eigenvalue weighted by molar-refractivity contribution is 7.71. The number of anilines is 1. The molecule has 3 aromatic rings. The molecular formula is C20H23N5OS2. The van der Waals surface area contributed by atoms with Crippen LogP contribution in [0.3, 0.4) is 0 Å². The van der Waals surface area contributed by atoms with Crippen molar-refractivity contribution in [1.82, 2.24) is 19.7 Å². The molecule has 0 fully saturated rings. The van der Waals surface area contributed by atoms with Crippen molar-refractivity contribution in [2.75, 3.05) is 5.32 Å². The van der Waals surface area contributed by atoms with Gasteiger partial charge in [0.15, 0.2) is 15.7 Å². The van der Waals surface area contributed by atoms with E-state index in [4.69, 9.17) is 12.2 Å². The Morgan fingerprint density at radius 3 is 2.96 bits per heavy atom. The third kappa shape index (κ3) is 4.07. The van der Waals surface area contributed by atoms with Gasteiger partial charge >= 0.3 is 0 Å². The Bertz CT molecular complexity index is 1050. The van der Waals surface area contributed by atoms with Crippen LogP contribution in [-0.2, 0) is 24.2 Å². The van der Waals surface area contributed by atoms with Crippen molar-refractivity contribution >= 4 is 34.6 Å². The third-order valence-electron chi connectivity index (χ3n) is 5.06. The predicted octanol–water partition coefficient (Wildman–Crippen LogP) is 4.53. The number of aromatic nitrogens is 4. The molecule has 0 saturated heterocycles. The summed E-state index contributed by atoms with van der Waals surface area (Å²) in [5.74, 6) is 1.38. The van der Waals surface area contributed by atoms with Gasteiger partial charge in [-0.15, -0.1) is 11.3 Å². The molecular weight excluding hydrogens is 390 g/mol. The molecule has 6 nitrogen and oxygen atoms in total. The smallest absolute Gasteiger partial charge is 0.227 e. The fraction of sp³-hybridized carbons (Fsp3) is 0.400. The van der Waals surface area contributed by atoms with Crippen molar-refractivity contribution in [2.24, 2.45) is 5.92 Å². The summed E-state index contributed by atoms with van der Waals surface area (Å²) in [6.45, 7) is 4.77. The van der Waals surface area contributed by atoms with Crippen molar-refractivity contribution in [3.8, 4) is 11.4 Å². The van der Waals surface area contributed by atoms with Gasteiger partial charge in [0.1, 0.15) is 0 Å². The maximum atomic E-state index is 12.5. The molecule has 0 aliphatic heterocycles. The van der Waals surface area contributed by atoms with E-state index in [1.54, 1.807) is 11.3 Å². The molecule has 0 bridgehead atoms. The molecule has 4 rings (SSSR count). The minimum atomic E-state index is -0.0582. The van der Waals surface area contributed by atoms with Crippen molar-refractivity contribution in [3.05, 3.63) is 45.2 Å². The van der Waals surface area contributed by atoms with Gasteiger partial charge in [-0.2, -0.15) is 5.10 Å². The Kier molecular flexibility index (Phi) is 5.41. The second-order valence-corrected chi connectivity index (χ2v) is 8.88. The number of fused-ring (bicyclic) bond motifs is 1. The maximum Gasteiger partial charge on any atom is 0.227 e. The van der Waals surface area contributed by atoms with E-state index in [2.05, 4.69) is 27.4 Å². The topological polar surface area (TPSA) is 75.6 Å². The van der Waals surface area contributed by atoms with Gasteiger partial charge < -0.3 is 5.32 Å². The Labute approximate surface area is 173 Å². The van der Waals surface area contributed by atoms with Crippen molar-refractivity contribution < 1.29 is 4.79 Å². The number of carbonyl (C=O) groups is 1. The number of aryl methyl sites for hydroxylation is 2. The molecule has 1 unspecified atom stereocenters. The summed E-state index contributed by atoms with van der Waals surface area (Å²) in [6, 6.07) is 8.10. The molecule has 1 aliphatic rings. The number of hydrogen-bond acceptors (Lipinski definition) is 5. The number of thiazole rings is 1. The largest absolute Gasteiger partial charge is 0.302 e. The lowest BCUT2D eigenvalue weighted by Crippen LogP contribution is -2.15. The molecule has 28 heavy (non-hydrogen) atoms. The first-order valence-corrected chi connectivity index (χ1v) is 10.7. The summed E-state index contributed by atoms with van der Waals surface area (Å²) in [4.78, 5) is 18.4. The Hall–Kier alpha value is -2.32. The number of carbonyl (C=O) groups excluding carboxylic acids is 1. The van der Waals surface area contributed by atoms with Crippen molar-refractivity contribution in [2.45, 2.75) is 46.1 Å². The van der Waals surface area contributed by atoms with Crippen molar-refractivity contribution in [3.63, 3.8) is 0 Å². The summed E-state index contributed by atoms with van der Waals surface area (Å²) in [6.07, 6.45) is 3.55. The van der Waals surface area contributed by atoms with Gasteiger partial charge in [-0.1, -0.05) is 36.8 Å². The Morgan fingerprint density at radius 1 is 1.39 bits per heavy atom. The molecule has 0 saturated carbocycles. The zero-order chi connectivity index (χ0) is 19.7. The van der Waals surface area contributed by atoms with Gasteiger partial charge in [-0.25, -0.2) is 4.98 Å². The summed E-state index contributed by atoms with van der Waals surface area (Å²) >= 11 is 6.96. The minimum Gasteiger partial charge on any atom is -0.302 e. The predicted molar refractivity (Wildman–Crippen MR) is 114 cm³/mol. The van der Waals surface area contributed by atoms with Crippen LogP contribution in [-0.4, -0.2) is 25.7 Å². The molecule has 1 aromatic carbocycles. The van der Waals surface area contributed by atoms with Gasteiger partial charge in [0, 0.05) is 23.4 Å². The zero-order valence-corrected chi connectivity index (χ0v) is 17.6. The highest BCUT2D eigenvalue weighted by atomic mass is 32.1. The lowest BCUT2D eigenvalue weighted by Gasteiger charge is -2.15. The molecule has 0 spiro atoms. The SMILES string of the molecule is Cc1ccc(-c2n[nH]c(=S)n2CCC(=O)Nc2nc3c(s2)CC(C)CC3)cc1. The second kappa shape index (κ2) is 7.97. The van der Waals surface area contributed by atoms with Crippen LogP contribution in [0.15, 0.2) is 24.3 Å². The first-order chi connectivity index (χ1) is 13.5. The van der Waals surface area contributed by atoms with Gasteiger partial charge in [0.2, 0.25) is 5.91 Å². The molecule has 2 N–H and O–H groups in total. The van der Waals surface area contributed by atoms with E-state index in [0.29, 0.717) is 28.8 Å². The lowest BCUT2D eigenvalue weighted by molar-refractivity contribution is -0.116. The van der Waals surface area contributed by atoms with Crippen LogP contribution < -0.4 is 5.32 Å². The maximum absolute atomic E-state index is 12.5. The third-order valence-corrected chi connectivity index (χ3v) is 6.41. The first kappa shape index (κ1) is 19.0. The summed E-state index contributed by atoms with van der Waals surface area (Å²) in [5.41, 5.74) is 3.31. The molecule has 146 valence electrons. The Balaban J connectivity index is 1.42. The first-order valence-electron chi connectivity index (χ1n) is 9.50. The standard InChI is InChI=1S/C20H23N5OS2/c1-12-3-6-14(7-4-12)18-23-24-20(27)25(18)10-9-17(26)22-19-21-15-8-5-13(2)11-16(15)28-19/h3-4,6-7,13H,5,8-11H2,1-2H3,(H,24,27)(H,21,22,26). The van der Waals surface area contributed by atoms with Crippen LogP contribution in [0.1, 0.15) is 35.9 Å². The highest BCUT2D eigenvalue weighted by Gasteiger charge is 2.20. The molecule has 8 heteroatoms. The number of aromatic amines is 1. The summed E-state index contributed by atoms with van der Waals surface area (Å²) < 4.78 is 2.38. The van der Waals surface area contributed by atoms with Gasteiger partial charge in [0.05, 0.1) is 5.69 Å². The van der Waals surface area contributed by atoms with Crippen LogP contribution in [0.4, 0.5) is 5.13 Å². The monoisotopic (exact) mass is 413 g/mol.